The number of halogens is 2. The van der Waals surface area contributed by atoms with Gasteiger partial charge in [-0.25, -0.2) is 0 Å². The first-order chi connectivity index (χ1) is 13.7. The molecule has 5 heteroatoms. The third-order valence-electron chi connectivity index (χ3n) is 4.57. The first-order valence-corrected chi connectivity index (χ1v) is 14.6. The van der Waals surface area contributed by atoms with Gasteiger partial charge in [0.05, 0.1) is 0 Å². The predicted molar refractivity (Wildman–Crippen MR) is 123 cm³/mol. The summed E-state index contributed by atoms with van der Waals surface area (Å²) in [6, 6.07) is 33.4. The number of benzene rings is 3. The van der Waals surface area contributed by atoms with Crippen LogP contribution in [0.15, 0.2) is 91.0 Å². The van der Waals surface area contributed by atoms with E-state index in [4.69, 9.17) is 19.1 Å². The van der Waals surface area contributed by atoms with Crippen LogP contribution in [-0.2, 0) is 22.4 Å². The summed E-state index contributed by atoms with van der Waals surface area (Å²) in [6.07, 6.45) is 2.26. The zero-order valence-electron chi connectivity index (χ0n) is 16.1. The number of nitrogens with zero attached hydrogens (tertiary/aromatic N) is 1. The van der Waals surface area contributed by atoms with Crippen molar-refractivity contribution < 1.29 is 15.9 Å². The molecular weight excluding hydrogens is 499 g/mol. The van der Waals surface area contributed by atoms with Crippen LogP contribution < -0.4 is 10.6 Å². The van der Waals surface area contributed by atoms with E-state index in [0.717, 1.165) is 6.42 Å². The molecule has 0 spiro atoms. The molecule has 0 saturated carbocycles. The maximum absolute atomic E-state index is 4.81. The monoisotopic (exact) mass is 523 g/mol. The number of rotatable bonds is 7. The summed E-state index contributed by atoms with van der Waals surface area (Å²) in [4.78, 5) is 2.38. The van der Waals surface area contributed by atoms with Gasteiger partial charge >= 0.3 is 35.0 Å². The summed E-state index contributed by atoms with van der Waals surface area (Å²) < 4.78 is 0. The van der Waals surface area contributed by atoms with Crippen molar-refractivity contribution in [2.24, 2.45) is 0 Å². The molecule has 1 nitrogen and oxygen atoms in total. The third kappa shape index (κ3) is 7.96. The average molecular weight is 525 g/mol. The zero-order valence-corrected chi connectivity index (χ0v) is 20.1. The minimum absolute atomic E-state index is 0.106. The van der Waals surface area contributed by atoms with Gasteiger partial charge in [0.2, 0.25) is 0 Å². The molecule has 0 radical (unpaired) electrons. The molecule has 0 heterocycles. The van der Waals surface area contributed by atoms with Crippen LogP contribution in [0.4, 0.5) is 0 Å². The van der Waals surface area contributed by atoms with Crippen LogP contribution in [0.5, 0.6) is 0 Å². The van der Waals surface area contributed by atoms with Gasteiger partial charge in [-0.15, -0.1) is 0 Å². The Kier molecular flexibility index (Phi) is 11.4. The summed E-state index contributed by atoms with van der Waals surface area (Å²) in [6.45, 7) is 0. The molecule has 0 saturated heterocycles. The quantitative estimate of drug-likeness (QED) is 0.284. The summed E-state index contributed by atoms with van der Waals surface area (Å²) in [5.74, 6) is 0. The maximum atomic E-state index is 4.81. The van der Waals surface area contributed by atoms with E-state index in [2.05, 4.69) is 110 Å². The van der Waals surface area contributed by atoms with E-state index in [9.17, 15) is 0 Å². The van der Waals surface area contributed by atoms with Crippen molar-refractivity contribution in [3.8, 4) is 0 Å². The Bertz CT molecular complexity index is 733. The van der Waals surface area contributed by atoms with Gasteiger partial charge in [0.15, 0.2) is 0 Å². The molecule has 152 valence electrons. The molecule has 0 N–H and O–H groups in total. The molecule has 0 aliphatic rings. The van der Waals surface area contributed by atoms with Gasteiger partial charge in [0, 0.05) is 6.04 Å². The van der Waals surface area contributed by atoms with E-state index < -0.39 is 0 Å². The molecule has 0 aliphatic heterocycles. The molecule has 0 aliphatic carbocycles. The van der Waals surface area contributed by atoms with Gasteiger partial charge in [-0.1, -0.05) is 91.0 Å². The Morgan fingerprint density at radius 2 is 1.14 bits per heavy atom. The summed E-state index contributed by atoms with van der Waals surface area (Å²) in [7, 11) is 13.7. The minimum atomic E-state index is -0.361. The van der Waals surface area contributed by atoms with Crippen LogP contribution in [0.3, 0.4) is 0 Å². The number of likely N-dealkylation sites (N-methyl/N-ethyl adjacent to an activating group) is 1. The topological polar surface area (TPSA) is 3.24 Å². The van der Waals surface area contributed by atoms with E-state index in [1.54, 1.807) is 0 Å². The molecule has 0 amide bonds. The average Bonchev–Trinajstić information content (AvgIpc) is 2.73. The molecular formula is C23H26Cl2NPPd. The van der Waals surface area contributed by atoms with Gasteiger partial charge < -0.3 is 4.90 Å². The fraction of sp³-hybridized carbons (Fsp3) is 0.217. The summed E-state index contributed by atoms with van der Waals surface area (Å²) in [5, 5.41) is 2.92. The summed E-state index contributed by atoms with van der Waals surface area (Å²) >= 11 is -0.106. The second-order valence-corrected chi connectivity index (χ2v) is 11.2. The van der Waals surface area contributed by atoms with Gasteiger partial charge in [-0.2, -0.15) is 0 Å². The van der Waals surface area contributed by atoms with Crippen LogP contribution in [0.2, 0.25) is 0 Å². The SMILES string of the molecule is CN(C)[C@@H](Cc1ccccc1)CP(c1ccccc1)c1ccccc1.[Cl][Pd][Cl]. The van der Waals surface area contributed by atoms with Crippen molar-refractivity contribution in [3.63, 3.8) is 0 Å². The first-order valence-electron chi connectivity index (χ1n) is 9.06. The van der Waals surface area contributed by atoms with E-state index in [-0.39, 0.29) is 23.9 Å². The van der Waals surface area contributed by atoms with Crippen molar-refractivity contribution in [2.45, 2.75) is 12.5 Å². The first kappa shape index (κ1) is 23.6. The van der Waals surface area contributed by atoms with Crippen molar-refractivity contribution in [2.75, 3.05) is 20.3 Å². The van der Waals surface area contributed by atoms with Crippen molar-refractivity contribution in [1.82, 2.24) is 4.90 Å². The predicted octanol–water partition coefficient (Wildman–Crippen LogP) is 5.67. The fourth-order valence-corrected chi connectivity index (χ4v) is 5.74. The Labute approximate surface area is 186 Å². The Morgan fingerprint density at radius 1 is 0.750 bits per heavy atom. The van der Waals surface area contributed by atoms with Crippen LogP contribution in [0, 0.1) is 0 Å². The molecule has 0 unspecified atom stereocenters. The molecule has 3 rings (SSSR count). The van der Waals surface area contributed by atoms with Crippen LogP contribution in [0.1, 0.15) is 5.56 Å². The van der Waals surface area contributed by atoms with Crippen LogP contribution in [-0.4, -0.2) is 31.2 Å². The second-order valence-electron chi connectivity index (χ2n) is 6.63. The van der Waals surface area contributed by atoms with Crippen molar-refractivity contribution in [1.29, 1.82) is 0 Å². The number of hydrogen-bond acceptors (Lipinski definition) is 1. The summed E-state index contributed by atoms with van der Waals surface area (Å²) in [5.41, 5.74) is 1.41. The van der Waals surface area contributed by atoms with Gasteiger partial charge in [0.1, 0.15) is 0 Å². The normalized spacial score (nSPS) is 11.9. The van der Waals surface area contributed by atoms with Gasteiger partial charge in [0.25, 0.3) is 0 Å². The Morgan fingerprint density at radius 3 is 1.54 bits per heavy atom. The van der Waals surface area contributed by atoms with Crippen molar-refractivity contribution >= 4 is 37.6 Å². The number of hydrogen-bond donors (Lipinski definition) is 0. The van der Waals surface area contributed by atoms with Gasteiger partial charge in [-0.05, 0) is 50.8 Å². The molecule has 3 aromatic rings. The van der Waals surface area contributed by atoms with E-state index >= 15 is 0 Å². The van der Waals surface area contributed by atoms with Gasteiger partial charge in [-0.3, -0.25) is 0 Å². The van der Waals surface area contributed by atoms with Crippen LogP contribution >= 0.6 is 27.0 Å². The Balaban J connectivity index is 0.000000878. The Hall–Kier alpha value is -0.708. The third-order valence-corrected chi connectivity index (χ3v) is 7.20. The fourth-order valence-electron chi connectivity index (χ4n) is 3.08. The van der Waals surface area contributed by atoms with Crippen LogP contribution in [0.25, 0.3) is 0 Å². The van der Waals surface area contributed by atoms with E-state index in [0.29, 0.717) is 6.04 Å². The second kappa shape index (κ2) is 13.5. The molecule has 0 fully saturated rings. The molecule has 28 heavy (non-hydrogen) atoms. The van der Waals surface area contributed by atoms with E-state index in [1.165, 1.54) is 22.3 Å². The molecule has 3 aromatic carbocycles. The molecule has 1 atom stereocenters. The standard InChI is InChI=1S/C23H26NP.2ClH.Pd/c1-24(2)21(18-20-12-6-3-7-13-20)19-25(22-14-8-4-9-15-22)23-16-10-5-11-17-23;;;/h3-17,21H,18-19H2,1-2H3;2*1H;/q;;;+2/p-2/t21-;;;/m0.../s1. The molecule has 0 bridgehead atoms. The van der Waals surface area contributed by atoms with Crippen molar-refractivity contribution in [3.05, 3.63) is 96.6 Å². The van der Waals surface area contributed by atoms with E-state index in [1.807, 2.05) is 0 Å². The zero-order chi connectivity index (χ0) is 20.2. The molecule has 0 aromatic heterocycles.